The zero-order chi connectivity index (χ0) is 9.31. The minimum atomic E-state index is -1.33. The highest BCUT2D eigenvalue weighted by Gasteiger charge is 2.31. The Hall–Kier alpha value is -1.59. The number of nitriles is 1. The molecule has 0 fully saturated rings. The van der Waals surface area contributed by atoms with Crippen LogP contribution >= 0.6 is 0 Å². The van der Waals surface area contributed by atoms with Crippen LogP contribution in [0.15, 0.2) is 30.3 Å². The van der Waals surface area contributed by atoms with Crippen molar-refractivity contribution in [2.75, 3.05) is 0 Å². The topological polar surface area (TPSA) is 44.0 Å². The fourth-order valence-corrected chi connectivity index (χ4v) is 1.59. The molecule has 13 heavy (non-hydrogen) atoms. The molecule has 0 bridgehead atoms. The Balaban J connectivity index is 2.64. The van der Waals surface area contributed by atoms with E-state index in [1.54, 1.807) is 6.07 Å². The van der Waals surface area contributed by atoms with Gasteiger partial charge in [0.1, 0.15) is 6.07 Å². The van der Waals surface area contributed by atoms with Crippen molar-refractivity contribution >= 4 is 6.08 Å². The molecule has 0 heterocycles. The van der Waals surface area contributed by atoms with Gasteiger partial charge >= 0.3 is 0 Å². The first-order chi connectivity index (χ1) is 6.26. The van der Waals surface area contributed by atoms with E-state index in [2.05, 4.69) is 0 Å². The largest absolute Gasteiger partial charge is 0.371 e. The van der Waals surface area contributed by atoms with E-state index in [0.717, 1.165) is 5.56 Å². The Morgan fingerprint density at radius 2 is 2.15 bits per heavy atom. The van der Waals surface area contributed by atoms with E-state index in [9.17, 15) is 5.11 Å². The first-order valence-electron chi connectivity index (χ1n) is 4.16. The van der Waals surface area contributed by atoms with Crippen LogP contribution in [0.2, 0.25) is 0 Å². The van der Waals surface area contributed by atoms with Crippen LogP contribution in [0.25, 0.3) is 6.08 Å². The quantitative estimate of drug-likeness (QED) is 0.605. The molecule has 0 saturated heterocycles. The Labute approximate surface area is 76.7 Å². The van der Waals surface area contributed by atoms with E-state index in [0.29, 0.717) is 12.0 Å². The van der Waals surface area contributed by atoms with Crippen molar-refractivity contribution < 1.29 is 5.11 Å². The zero-order valence-electron chi connectivity index (χ0n) is 7.07. The lowest BCUT2D eigenvalue weighted by molar-refractivity contribution is 0.0999. The van der Waals surface area contributed by atoms with Gasteiger partial charge in [0, 0.05) is 12.0 Å². The molecule has 0 amide bonds. The highest BCUT2D eigenvalue weighted by Crippen LogP contribution is 2.32. The van der Waals surface area contributed by atoms with Crippen LogP contribution < -0.4 is 0 Å². The second-order valence-corrected chi connectivity index (χ2v) is 3.17. The van der Waals surface area contributed by atoms with Gasteiger partial charge in [0.05, 0.1) is 0 Å². The molecule has 0 spiro atoms. The third kappa shape index (κ3) is 1.14. The molecule has 0 aliphatic heterocycles. The van der Waals surface area contributed by atoms with Gasteiger partial charge in [-0.1, -0.05) is 36.4 Å². The monoisotopic (exact) mass is 171 g/mol. The van der Waals surface area contributed by atoms with Gasteiger partial charge in [0.25, 0.3) is 0 Å². The maximum absolute atomic E-state index is 9.92. The summed E-state index contributed by atoms with van der Waals surface area (Å²) < 4.78 is 0. The van der Waals surface area contributed by atoms with Crippen LogP contribution in [-0.4, -0.2) is 5.11 Å². The number of hydrogen-bond acceptors (Lipinski definition) is 2. The van der Waals surface area contributed by atoms with E-state index < -0.39 is 5.60 Å². The van der Waals surface area contributed by atoms with Crippen molar-refractivity contribution in [2.45, 2.75) is 12.0 Å². The molecule has 0 saturated carbocycles. The van der Waals surface area contributed by atoms with E-state index in [1.165, 1.54) is 0 Å². The SMILES string of the molecule is N#C[C@@]1(O)CC=Cc2ccccc21. The van der Waals surface area contributed by atoms with Crippen molar-refractivity contribution in [1.29, 1.82) is 5.26 Å². The molecule has 2 nitrogen and oxygen atoms in total. The zero-order valence-corrected chi connectivity index (χ0v) is 7.07. The van der Waals surface area contributed by atoms with Gasteiger partial charge in [-0.05, 0) is 5.56 Å². The normalized spacial score (nSPS) is 24.9. The Bertz CT molecular complexity index is 403. The minimum Gasteiger partial charge on any atom is -0.371 e. The molecule has 1 N–H and O–H groups in total. The highest BCUT2D eigenvalue weighted by molar-refractivity contribution is 5.59. The number of benzene rings is 1. The van der Waals surface area contributed by atoms with Crippen molar-refractivity contribution in [3.05, 3.63) is 41.5 Å². The van der Waals surface area contributed by atoms with Gasteiger partial charge in [-0.2, -0.15) is 5.26 Å². The summed E-state index contributed by atoms with van der Waals surface area (Å²) in [5.74, 6) is 0. The summed E-state index contributed by atoms with van der Waals surface area (Å²) in [5.41, 5.74) is 0.309. The average molecular weight is 171 g/mol. The standard InChI is InChI=1S/C11H9NO/c12-8-11(13)7-3-5-9-4-1-2-6-10(9)11/h1-6,13H,7H2/t11-/m0/s1. The van der Waals surface area contributed by atoms with Crippen molar-refractivity contribution in [2.24, 2.45) is 0 Å². The lowest BCUT2D eigenvalue weighted by atomic mass is 9.84. The molecule has 1 aromatic carbocycles. The molecule has 1 aliphatic rings. The highest BCUT2D eigenvalue weighted by atomic mass is 16.3. The molecule has 0 radical (unpaired) electrons. The average Bonchev–Trinajstić information content (AvgIpc) is 2.19. The van der Waals surface area contributed by atoms with Crippen LogP contribution in [0.5, 0.6) is 0 Å². The maximum Gasteiger partial charge on any atom is 0.180 e. The first-order valence-corrected chi connectivity index (χ1v) is 4.16. The van der Waals surface area contributed by atoms with Gasteiger partial charge in [0.15, 0.2) is 5.60 Å². The first kappa shape index (κ1) is 8.03. The maximum atomic E-state index is 9.92. The molecule has 0 aromatic heterocycles. The van der Waals surface area contributed by atoms with Crippen LogP contribution in [0.3, 0.4) is 0 Å². The molecule has 0 unspecified atom stereocenters. The third-order valence-corrected chi connectivity index (χ3v) is 2.30. The number of nitrogens with zero attached hydrogens (tertiary/aromatic N) is 1. The van der Waals surface area contributed by atoms with E-state index in [-0.39, 0.29) is 0 Å². The summed E-state index contributed by atoms with van der Waals surface area (Å²) in [7, 11) is 0. The van der Waals surface area contributed by atoms with Crippen LogP contribution in [0.1, 0.15) is 17.5 Å². The smallest absolute Gasteiger partial charge is 0.180 e. The molecule has 2 heteroatoms. The number of rotatable bonds is 0. The molecular weight excluding hydrogens is 162 g/mol. The molecular formula is C11H9NO. The second-order valence-electron chi connectivity index (χ2n) is 3.17. The lowest BCUT2D eigenvalue weighted by Gasteiger charge is -2.24. The molecule has 1 atom stereocenters. The lowest BCUT2D eigenvalue weighted by Crippen LogP contribution is -2.25. The van der Waals surface area contributed by atoms with Crippen molar-refractivity contribution in [1.82, 2.24) is 0 Å². The predicted octanol–water partition coefficient (Wildman–Crippen LogP) is 1.81. The third-order valence-electron chi connectivity index (χ3n) is 2.30. The Morgan fingerprint density at radius 3 is 2.92 bits per heavy atom. The minimum absolute atomic E-state index is 0.376. The summed E-state index contributed by atoms with van der Waals surface area (Å²) in [4.78, 5) is 0. The van der Waals surface area contributed by atoms with Gasteiger partial charge in [-0.3, -0.25) is 0 Å². The Kier molecular flexibility index (Phi) is 1.68. The molecule has 1 aromatic rings. The molecule has 64 valence electrons. The summed E-state index contributed by atoms with van der Waals surface area (Å²) in [6, 6.07) is 9.36. The van der Waals surface area contributed by atoms with E-state index in [4.69, 9.17) is 5.26 Å². The summed E-state index contributed by atoms with van der Waals surface area (Å²) in [5, 5.41) is 18.8. The van der Waals surface area contributed by atoms with Crippen molar-refractivity contribution in [3.8, 4) is 6.07 Å². The van der Waals surface area contributed by atoms with E-state index >= 15 is 0 Å². The van der Waals surface area contributed by atoms with E-state index in [1.807, 2.05) is 36.4 Å². The number of fused-ring (bicyclic) bond motifs is 1. The summed E-state index contributed by atoms with van der Waals surface area (Å²) >= 11 is 0. The fourth-order valence-electron chi connectivity index (χ4n) is 1.59. The van der Waals surface area contributed by atoms with Gasteiger partial charge in [-0.25, -0.2) is 0 Å². The van der Waals surface area contributed by atoms with Gasteiger partial charge in [0.2, 0.25) is 0 Å². The second kappa shape index (κ2) is 2.72. The van der Waals surface area contributed by atoms with Crippen molar-refractivity contribution in [3.63, 3.8) is 0 Å². The number of aliphatic hydroxyl groups is 1. The number of hydrogen-bond donors (Lipinski definition) is 1. The molecule has 2 rings (SSSR count). The van der Waals surface area contributed by atoms with Gasteiger partial charge in [-0.15, -0.1) is 0 Å². The van der Waals surface area contributed by atoms with Crippen LogP contribution in [0.4, 0.5) is 0 Å². The summed E-state index contributed by atoms with van der Waals surface area (Å²) in [6.07, 6.45) is 4.13. The summed E-state index contributed by atoms with van der Waals surface area (Å²) in [6.45, 7) is 0. The Morgan fingerprint density at radius 1 is 1.38 bits per heavy atom. The molecule has 1 aliphatic carbocycles. The predicted molar refractivity (Wildman–Crippen MR) is 49.6 cm³/mol. The van der Waals surface area contributed by atoms with Gasteiger partial charge < -0.3 is 5.11 Å². The fraction of sp³-hybridized carbons (Fsp3) is 0.182. The van der Waals surface area contributed by atoms with Crippen LogP contribution in [0, 0.1) is 11.3 Å². The van der Waals surface area contributed by atoms with Crippen LogP contribution in [-0.2, 0) is 5.60 Å².